The maximum absolute atomic E-state index is 13.8. The molecule has 1 amide bonds. The van der Waals surface area contributed by atoms with Gasteiger partial charge in [-0.2, -0.15) is 0 Å². The predicted octanol–water partition coefficient (Wildman–Crippen LogP) is 6.16. The van der Waals surface area contributed by atoms with E-state index in [1.54, 1.807) is 21.6 Å². The second-order valence-electron chi connectivity index (χ2n) is 8.62. The van der Waals surface area contributed by atoms with Crippen LogP contribution in [0.5, 0.6) is 5.75 Å². The quantitative estimate of drug-likeness (QED) is 0.298. The molecule has 1 atom stereocenters. The lowest BCUT2D eigenvalue weighted by Gasteiger charge is -2.30. The first-order valence-corrected chi connectivity index (χ1v) is 12.7. The van der Waals surface area contributed by atoms with Gasteiger partial charge < -0.3 is 9.64 Å². The van der Waals surface area contributed by atoms with E-state index in [1.165, 1.54) is 0 Å². The molecule has 0 fully saturated rings. The van der Waals surface area contributed by atoms with Gasteiger partial charge in [0.05, 0.1) is 18.3 Å². The standard InChI is InChI=1S/C28H23BrClN3O3/c1-18-31-25-17-32(28(35)36-23-13-9-21(29)10-14-23)16-15-24(25)27(34)33(18)26(19-5-3-2-4-6-19)20-7-11-22(30)12-8-20/h2-14,26H,15-17H2,1H3. The molecule has 0 spiro atoms. The number of hydrogen-bond acceptors (Lipinski definition) is 4. The highest BCUT2D eigenvalue weighted by atomic mass is 79.9. The number of benzene rings is 3. The summed E-state index contributed by atoms with van der Waals surface area (Å²) in [4.78, 5) is 33.0. The number of aryl methyl sites for hydroxylation is 1. The Morgan fingerprint density at radius 3 is 2.36 bits per heavy atom. The van der Waals surface area contributed by atoms with Gasteiger partial charge >= 0.3 is 6.09 Å². The summed E-state index contributed by atoms with van der Waals surface area (Å²) in [5, 5.41) is 0.633. The Labute approximate surface area is 222 Å². The van der Waals surface area contributed by atoms with Crippen LogP contribution in [-0.4, -0.2) is 27.1 Å². The predicted molar refractivity (Wildman–Crippen MR) is 143 cm³/mol. The van der Waals surface area contributed by atoms with Crippen molar-refractivity contribution in [2.24, 2.45) is 0 Å². The molecule has 3 aromatic carbocycles. The highest BCUT2D eigenvalue weighted by Crippen LogP contribution is 2.29. The SMILES string of the molecule is Cc1nc2c(c(=O)n1C(c1ccccc1)c1ccc(Cl)cc1)CCN(C(=O)Oc1ccc(Br)cc1)C2. The summed E-state index contributed by atoms with van der Waals surface area (Å²) >= 11 is 9.51. The highest BCUT2D eigenvalue weighted by Gasteiger charge is 2.29. The van der Waals surface area contributed by atoms with Gasteiger partial charge in [-0.1, -0.05) is 70.0 Å². The lowest BCUT2D eigenvalue weighted by Crippen LogP contribution is -2.43. The lowest BCUT2D eigenvalue weighted by molar-refractivity contribution is 0.145. The molecule has 36 heavy (non-hydrogen) atoms. The fourth-order valence-electron chi connectivity index (χ4n) is 4.52. The summed E-state index contributed by atoms with van der Waals surface area (Å²) in [5.41, 5.74) is 3.05. The highest BCUT2D eigenvalue weighted by molar-refractivity contribution is 9.10. The minimum atomic E-state index is -0.463. The van der Waals surface area contributed by atoms with Crippen molar-refractivity contribution in [2.75, 3.05) is 6.54 Å². The lowest BCUT2D eigenvalue weighted by atomic mass is 9.97. The number of amides is 1. The minimum absolute atomic E-state index is 0.0952. The maximum Gasteiger partial charge on any atom is 0.415 e. The van der Waals surface area contributed by atoms with Crippen LogP contribution in [0.1, 0.15) is 34.3 Å². The first-order chi connectivity index (χ1) is 17.4. The van der Waals surface area contributed by atoms with Crippen LogP contribution in [0.4, 0.5) is 4.79 Å². The molecular weight excluding hydrogens is 542 g/mol. The molecule has 0 saturated carbocycles. The molecule has 1 unspecified atom stereocenters. The zero-order valence-corrected chi connectivity index (χ0v) is 21.9. The van der Waals surface area contributed by atoms with Crippen LogP contribution in [0.2, 0.25) is 5.02 Å². The molecule has 1 aliphatic rings. The van der Waals surface area contributed by atoms with Crippen molar-refractivity contribution < 1.29 is 9.53 Å². The van der Waals surface area contributed by atoms with Gasteiger partial charge in [0.15, 0.2) is 0 Å². The molecule has 4 aromatic rings. The summed E-state index contributed by atoms with van der Waals surface area (Å²) in [6.07, 6.45) is -0.0612. The number of carbonyl (C=O) groups excluding carboxylic acids is 1. The summed E-state index contributed by atoms with van der Waals surface area (Å²) in [5.74, 6) is 1.04. The zero-order valence-electron chi connectivity index (χ0n) is 19.5. The van der Waals surface area contributed by atoms with Crippen molar-refractivity contribution in [3.8, 4) is 5.75 Å². The second kappa shape index (κ2) is 10.3. The number of hydrogen-bond donors (Lipinski definition) is 0. The van der Waals surface area contributed by atoms with Crippen molar-refractivity contribution in [2.45, 2.75) is 25.9 Å². The van der Waals surface area contributed by atoms with E-state index in [0.29, 0.717) is 40.8 Å². The van der Waals surface area contributed by atoms with E-state index >= 15 is 0 Å². The van der Waals surface area contributed by atoms with Crippen LogP contribution in [0, 0.1) is 6.92 Å². The molecule has 0 bridgehead atoms. The van der Waals surface area contributed by atoms with Crippen molar-refractivity contribution >= 4 is 33.6 Å². The Bertz CT molecular complexity index is 1450. The van der Waals surface area contributed by atoms with Crippen molar-refractivity contribution in [1.29, 1.82) is 0 Å². The van der Waals surface area contributed by atoms with Gasteiger partial charge in [0.25, 0.3) is 5.56 Å². The molecule has 2 heterocycles. The molecule has 6 nitrogen and oxygen atoms in total. The second-order valence-corrected chi connectivity index (χ2v) is 9.97. The summed E-state index contributed by atoms with van der Waals surface area (Å²) < 4.78 is 8.16. The van der Waals surface area contributed by atoms with Crippen molar-refractivity contribution in [1.82, 2.24) is 14.5 Å². The average Bonchev–Trinajstić information content (AvgIpc) is 2.89. The van der Waals surface area contributed by atoms with E-state index < -0.39 is 6.09 Å². The minimum Gasteiger partial charge on any atom is -0.410 e. The number of aromatic nitrogens is 2. The third kappa shape index (κ3) is 4.94. The van der Waals surface area contributed by atoms with Crippen LogP contribution in [0.3, 0.4) is 0 Å². The Morgan fingerprint density at radius 1 is 1.00 bits per heavy atom. The smallest absolute Gasteiger partial charge is 0.410 e. The van der Waals surface area contributed by atoms with E-state index in [2.05, 4.69) is 15.9 Å². The van der Waals surface area contributed by atoms with Gasteiger partial charge in [0.2, 0.25) is 0 Å². The third-order valence-corrected chi connectivity index (χ3v) is 7.06. The van der Waals surface area contributed by atoms with E-state index in [0.717, 1.165) is 15.6 Å². The molecule has 182 valence electrons. The largest absolute Gasteiger partial charge is 0.415 e. The Morgan fingerprint density at radius 2 is 1.67 bits per heavy atom. The monoisotopic (exact) mass is 563 g/mol. The molecule has 5 rings (SSSR count). The van der Waals surface area contributed by atoms with Crippen LogP contribution in [0.15, 0.2) is 88.1 Å². The first-order valence-electron chi connectivity index (χ1n) is 11.5. The van der Waals surface area contributed by atoms with Crippen molar-refractivity contribution in [3.63, 3.8) is 0 Å². The van der Waals surface area contributed by atoms with E-state index in [1.807, 2.05) is 73.7 Å². The molecule has 0 N–H and O–H groups in total. The summed E-state index contributed by atoms with van der Waals surface area (Å²) in [6.45, 7) is 2.42. The molecular formula is C28H23BrClN3O3. The molecule has 0 saturated heterocycles. The first kappa shape index (κ1) is 24.3. The van der Waals surface area contributed by atoms with Gasteiger partial charge in [-0.15, -0.1) is 0 Å². The van der Waals surface area contributed by atoms with E-state index in [9.17, 15) is 9.59 Å². The topological polar surface area (TPSA) is 64.4 Å². The average molecular weight is 565 g/mol. The summed E-state index contributed by atoms with van der Waals surface area (Å²) in [6, 6.07) is 24.1. The normalized spacial score (nSPS) is 13.7. The number of halogens is 2. The van der Waals surface area contributed by atoms with Gasteiger partial charge in [0, 0.05) is 21.6 Å². The Balaban J connectivity index is 1.48. The molecule has 0 aliphatic carbocycles. The van der Waals surface area contributed by atoms with Gasteiger partial charge in [-0.3, -0.25) is 9.36 Å². The number of carbonyl (C=O) groups is 1. The van der Waals surface area contributed by atoms with Gasteiger partial charge in [-0.05, 0) is 60.9 Å². The third-order valence-electron chi connectivity index (χ3n) is 6.28. The number of nitrogens with zero attached hydrogens (tertiary/aromatic N) is 3. The van der Waals surface area contributed by atoms with Gasteiger partial charge in [0.1, 0.15) is 11.6 Å². The molecule has 0 radical (unpaired) electrons. The van der Waals surface area contributed by atoms with Crippen LogP contribution < -0.4 is 10.3 Å². The Hall–Kier alpha value is -3.42. The fraction of sp³-hybridized carbons (Fsp3) is 0.179. The summed E-state index contributed by atoms with van der Waals surface area (Å²) in [7, 11) is 0. The number of rotatable bonds is 4. The molecule has 1 aromatic heterocycles. The number of ether oxygens (including phenoxy) is 1. The fourth-order valence-corrected chi connectivity index (χ4v) is 4.91. The van der Waals surface area contributed by atoms with Crippen molar-refractivity contribution in [3.05, 3.63) is 127 Å². The molecule has 1 aliphatic heterocycles. The number of fused-ring (bicyclic) bond motifs is 1. The van der Waals surface area contributed by atoms with Gasteiger partial charge in [-0.25, -0.2) is 9.78 Å². The van der Waals surface area contributed by atoms with Crippen LogP contribution >= 0.6 is 27.5 Å². The van der Waals surface area contributed by atoms with Crippen LogP contribution in [0.25, 0.3) is 0 Å². The van der Waals surface area contributed by atoms with E-state index in [4.69, 9.17) is 21.3 Å². The zero-order chi connectivity index (χ0) is 25.2. The van der Waals surface area contributed by atoms with E-state index in [-0.39, 0.29) is 18.1 Å². The molecule has 8 heteroatoms. The maximum atomic E-state index is 13.8. The van der Waals surface area contributed by atoms with Crippen LogP contribution in [-0.2, 0) is 13.0 Å². The Kier molecular flexibility index (Phi) is 6.94.